The summed E-state index contributed by atoms with van der Waals surface area (Å²) in [6.45, 7) is 8.37. The van der Waals surface area contributed by atoms with Gasteiger partial charge in [-0.15, -0.1) is 0 Å². The second-order valence-electron chi connectivity index (χ2n) is 10.1. The molecule has 1 aliphatic rings. The van der Waals surface area contributed by atoms with Crippen LogP contribution in [-0.4, -0.2) is 35.0 Å². The van der Waals surface area contributed by atoms with E-state index in [0.717, 1.165) is 24.8 Å². The van der Waals surface area contributed by atoms with Crippen LogP contribution in [-0.2, 0) is 14.9 Å². The average molecular weight is 439 g/mol. The van der Waals surface area contributed by atoms with Gasteiger partial charge >= 0.3 is 5.97 Å². The second-order valence-corrected chi connectivity index (χ2v) is 10.1. The highest BCUT2D eigenvalue weighted by atomic mass is 16.6. The summed E-state index contributed by atoms with van der Waals surface area (Å²) in [5.74, 6) is -0.749. The molecule has 0 saturated heterocycles. The average Bonchev–Trinajstić information content (AvgIpc) is 2.80. The van der Waals surface area contributed by atoms with Gasteiger partial charge in [0.15, 0.2) is 6.10 Å². The van der Waals surface area contributed by atoms with Crippen molar-refractivity contribution >= 4 is 5.97 Å². The number of hydrogen-bond acceptors (Lipinski definition) is 4. The van der Waals surface area contributed by atoms with Crippen molar-refractivity contribution in [2.45, 2.75) is 70.5 Å². The number of aliphatic hydroxyl groups excluding tert-OH is 2. The fraction of sp³-hybridized carbons (Fsp3) is 0.536. The Hall–Kier alpha value is -2.17. The van der Waals surface area contributed by atoms with Gasteiger partial charge in [-0.2, -0.15) is 0 Å². The molecule has 0 unspecified atom stereocenters. The van der Waals surface area contributed by atoms with Gasteiger partial charge in [-0.1, -0.05) is 94.8 Å². The standard InChI is InChI=1S/C28H38O4/c1-19-15-16-23(28(3,4)22-13-9-6-10-14-22)24(17-19)32-27(31)26(30)25(20(2)18-29)21-11-7-5-8-12-21/h5-14,19-20,23-26,29-30H,15-18H2,1-4H3/t19-,20+,23-,24-,25-,26+/m1/s1. The molecule has 0 aromatic heterocycles. The van der Waals surface area contributed by atoms with E-state index in [1.165, 1.54) is 5.56 Å². The van der Waals surface area contributed by atoms with Crippen molar-refractivity contribution in [3.8, 4) is 0 Å². The molecule has 6 atom stereocenters. The third-order valence-corrected chi connectivity index (χ3v) is 7.43. The molecule has 3 rings (SSSR count). The van der Waals surface area contributed by atoms with Crippen LogP contribution >= 0.6 is 0 Å². The highest BCUT2D eigenvalue weighted by Crippen LogP contribution is 2.44. The summed E-state index contributed by atoms with van der Waals surface area (Å²) in [5, 5.41) is 20.8. The van der Waals surface area contributed by atoms with Crippen molar-refractivity contribution in [2.75, 3.05) is 6.61 Å². The van der Waals surface area contributed by atoms with Crippen molar-refractivity contribution in [1.29, 1.82) is 0 Å². The highest BCUT2D eigenvalue weighted by molar-refractivity contribution is 5.76. The number of rotatable bonds is 8. The van der Waals surface area contributed by atoms with Gasteiger partial charge in [0.2, 0.25) is 0 Å². The molecule has 1 saturated carbocycles. The number of carbonyl (C=O) groups is 1. The third kappa shape index (κ3) is 5.41. The lowest BCUT2D eigenvalue weighted by molar-refractivity contribution is -0.168. The molecule has 0 spiro atoms. The molecule has 32 heavy (non-hydrogen) atoms. The first-order valence-electron chi connectivity index (χ1n) is 11.9. The molecular weight excluding hydrogens is 400 g/mol. The lowest BCUT2D eigenvalue weighted by atomic mass is 9.64. The van der Waals surface area contributed by atoms with Gasteiger partial charge in [0.25, 0.3) is 0 Å². The van der Waals surface area contributed by atoms with Crippen molar-refractivity contribution in [1.82, 2.24) is 0 Å². The molecule has 174 valence electrons. The molecule has 0 bridgehead atoms. The van der Waals surface area contributed by atoms with Gasteiger partial charge < -0.3 is 14.9 Å². The zero-order valence-corrected chi connectivity index (χ0v) is 19.8. The van der Waals surface area contributed by atoms with Crippen molar-refractivity contribution in [2.24, 2.45) is 17.8 Å². The van der Waals surface area contributed by atoms with Gasteiger partial charge in [0, 0.05) is 18.4 Å². The summed E-state index contributed by atoms with van der Waals surface area (Å²) in [5.41, 5.74) is 1.91. The topological polar surface area (TPSA) is 66.8 Å². The van der Waals surface area contributed by atoms with Gasteiger partial charge in [0.1, 0.15) is 6.10 Å². The molecular formula is C28H38O4. The van der Waals surface area contributed by atoms with Crippen molar-refractivity contribution in [3.63, 3.8) is 0 Å². The smallest absolute Gasteiger partial charge is 0.335 e. The van der Waals surface area contributed by atoms with Crippen LogP contribution in [0.25, 0.3) is 0 Å². The van der Waals surface area contributed by atoms with Crippen LogP contribution in [0.15, 0.2) is 60.7 Å². The van der Waals surface area contributed by atoms with E-state index in [-0.39, 0.29) is 30.0 Å². The summed E-state index contributed by atoms with van der Waals surface area (Å²) in [7, 11) is 0. The number of ether oxygens (including phenoxy) is 1. The van der Waals surface area contributed by atoms with E-state index in [1.807, 2.05) is 55.5 Å². The molecule has 2 aromatic carbocycles. The SMILES string of the molecule is C[C@@H]1CC[C@@H](C(C)(C)c2ccccc2)[C@H](OC(=O)[C@@H](O)[C@@H](c2ccccc2)[C@@H](C)CO)C1. The zero-order chi connectivity index (χ0) is 23.3. The Labute approximate surface area is 192 Å². The minimum absolute atomic E-state index is 0.117. The Morgan fingerprint density at radius 3 is 2.25 bits per heavy atom. The lowest BCUT2D eigenvalue weighted by Gasteiger charge is -2.44. The van der Waals surface area contributed by atoms with Crippen molar-refractivity contribution < 1.29 is 19.7 Å². The van der Waals surface area contributed by atoms with Crippen LogP contribution < -0.4 is 0 Å². The van der Waals surface area contributed by atoms with E-state index < -0.39 is 18.0 Å². The number of benzene rings is 2. The third-order valence-electron chi connectivity index (χ3n) is 7.43. The van der Waals surface area contributed by atoms with Gasteiger partial charge in [-0.25, -0.2) is 4.79 Å². The van der Waals surface area contributed by atoms with E-state index in [0.29, 0.717) is 5.92 Å². The predicted molar refractivity (Wildman–Crippen MR) is 127 cm³/mol. The molecule has 0 radical (unpaired) electrons. The fourth-order valence-corrected chi connectivity index (χ4v) is 5.34. The van der Waals surface area contributed by atoms with E-state index in [1.54, 1.807) is 0 Å². The summed E-state index contributed by atoms with van der Waals surface area (Å²) in [6.07, 6.45) is 1.30. The first-order valence-corrected chi connectivity index (χ1v) is 11.9. The summed E-state index contributed by atoms with van der Waals surface area (Å²) < 4.78 is 6.07. The molecule has 2 N–H and O–H groups in total. The Bertz CT molecular complexity index is 848. The molecule has 1 fully saturated rings. The quantitative estimate of drug-likeness (QED) is 0.564. The number of aliphatic hydroxyl groups is 2. The van der Waals surface area contributed by atoms with Crippen LogP contribution in [0.2, 0.25) is 0 Å². The first kappa shape index (κ1) is 24.5. The Morgan fingerprint density at radius 2 is 1.66 bits per heavy atom. The van der Waals surface area contributed by atoms with Crippen LogP contribution in [0.1, 0.15) is 64.0 Å². The van der Waals surface area contributed by atoms with Crippen LogP contribution in [0, 0.1) is 17.8 Å². The maximum absolute atomic E-state index is 13.2. The summed E-state index contributed by atoms with van der Waals surface area (Å²) >= 11 is 0. The van der Waals surface area contributed by atoms with E-state index in [9.17, 15) is 15.0 Å². The molecule has 0 heterocycles. The van der Waals surface area contributed by atoms with Crippen molar-refractivity contribution in [3.05, 3.63) is 71.8 Å². The molecule has 0 aliphatic heterocycles. The molecule has 0 amide bonds. The predicted octanol–water partition coefficient (Wildman–Crippen LogP) is 5.09. The van der Waals surface area contributed by atoms with E-state index in [4.69, 9.17) is 4.74 Å². The molecule has 2 aromatic rings. The number of carbonyl (C=O) groups excluding carboxylic acids is 1. The van der Waals surface area contributed by atoms with Crippen LogP contribution in [0.5, 0.6) is 0 Å². The second kappa shape index (κ2) is 10.6. The largest absolute Gasteiger partial charge is 0.460 e. The van der Waals surface area contributed by atoms with E-state index in [2.05, 4.69) is 32.9 Å². The van der Waals surface area contributed by atoms with Gasteiger partial charge in [-0.05, 0) is 41.2 Å². The van der Waals surface area contributed by atoms with Crippen LogP contribution in [0.3, 0.4) is 0 Å². The first-order chi connectivity index (χ1) is 15.3. The monoisotopic (exact) mass is 438 g/mol. The maximum atomic E-state index is 13.2. The summed E-state index contributed by atoms with van der Waals surface area (Å²) in [4.78, 5) is 13.2. The molecule has 4 heteroatoms. The number of esters is 1. The zero-order valence-electron chi connectivity index (χ0n) is 19.8. The Kier molecular flexibility index (Phi) is 8.13. The number of hydrogen-bond donors (Lipinski definition) is 2. The highest BCUT2D eigenvalue weighted by Gasteiger charge is 2.43. The van der Waals surface area contributed by atoms with E-state index >= 15 is 0 Å². The minimum atomic E-state index is -1.32. The van der Waals surface area contributed by atoms with Gasteiger partial charge in [-0.3, -0.25) is 0 Å². The lowest BCUT2D eigenvalue weighted by Crippen LogP contribution is -2.45. The Balaban J connectivity index is 1.82. The molecule has 4 nitrogen and oxygen atoms in total. The van der Waals surface area contributed by atoms with Gasteiger partial charge in [0.05, 0.1) is 0 Å². The van der Waals surface area contributed by atoms with Crippen LogP contribution in [0.4, 0.5) is 0 Å². The minimum Gasteiger partial charge on any atom is -0.460 e. The molecule has 1 aliphatic carbocycles. The fourth-order valence-electron chi connectivity index (χ4n) is 5.34. The Morgan fingerprint density at radius 1 is 1.06 bits per heavy atom. The maximum Gasteiger partial charge on any atom is 0.335 e. The normalized spacial score (nSPS) is 24.4. The summed E-state index contributed by atoms with van der Waals surface area (Å²) in [6, 6.07) is 19.8.